The standard InChI is InChI=1S/C14H22N4O3S/c1-3-4-6-15-13-8-12(16-10(2)17-13)14(19)18-11-5-7-22(20,21)9-11/h8,11H,3-7,9H2,1-2H3,(H,18,19)(H,15,16,17). The van der Waals surface area contributed by atoms with Crippen LogP contribution in [0.15, 0.2) is 6.07 Å². The molecule has 1 aliphatic rings. The van der Waals surface area contributed by atoms with Crippen LogP contribution in [-0.4, -0.2) is 48.4 Å². The van der Waals surface area contributed by atoms with E-state index in [2.05, 4.69) is 27.5 Å². The van der Waals surface area contributed by atoms with Crippen molar-refractivity contribution in [1.82, 2.24) is 15.3 Å². The number of sulfone groups is 1. The van der Waals surface area contributed by atoms with Crippen LogP contribution in [0.3, 0.4) is 0 Å². The van der Waals surface area contributed by atoms with Gasteiger partial charge in [0, 0.05) is 18.7 Å². The molecule has 2 N–H and O–H groups in total. The first-order valence-corrected chi connectivity index (χ1v) is 9.32. The molecule has 1 saturated heterocycles. The highest BCUT2D eigenvalue weighted by molar-refractivity contribution is 7.91. The number of amides is 1. The van der Waals surface area contributed by atoms with Crippen LogP contribution in [0.2, 0.25) is 0 Å². The highest BCUT2D eigenvalue weighted by Crippen LogP contribution is 2.13. The van der Waals surface area contributed by atoms with Gasteiger partial charge in [0.15, 0.2) is 9.84 Å². The van der Waals surface area contributed by atoms with Crippen LogP contribution in [0.5, 0.6) is 0 Å². The van der Waals surface area contributed by atoms with E-state index in [0.717, 1.165) is 19.4 Å². The predicted molar refractivity (Wildman–Crippen MR) is 84.7 cm³/mol. The first kappa shape index (κ1) is 16.7. The van der Waals surface area contributed by atoms with E-state index >= 15 is 0 Å². The molecule has 1 aliphatic heterocycles. The Morgan fingerprint density at radius 1 is 1.41 bits per heavy atom. The molecule has 1 atom stereocenters. The van der Waals surface area contributed by atoms with Gasteiger partial charge in [-0.1, -0.05) is 13.3 Å². The van der Waals surface area contributed by atoms with Crippen LogP contribution in [0.25, 0.3) is 0 Å². The summed E-state index contributed by atoms with van der Waals surface area (Å²) < 4.78 is 22.9. The summed E-state index contributed by atoms with van der Waals surface area (Å²) >= 11 is 0. The van der Waals surface area contributed by atoms with Crippen molar-refractivity contribution in [2.24, 2.45) is 0 Å². The van der Waals surface area contributed by atoms with Crippen LogP contribution in [0.1, 0.15) is 42.5 Å². The van der Waals surface area contributed by atoms with E-state index in [1.807, 2.05) is 0 Å². The average Bonchev–Trinajstić information content (AvgIpc) is 2.77. The summed E-state index contributed by atoms with van der Waals surface area (Å²) in [7, 11) is -3.01. The van der Waals surface area contributed by atoms with Gasteiger partial charge in [-0.15, -0.1) is 0 Å². The lowest BCUT2D eigenvalue weighted by Gasteiger charge is -2.12. The highest BCUT2D eigenvalue weighted by atomic mass is 32.2. The van der Waals surface area contributed by atoms with Crippen LogP contribution < -0.4 is 10.6 Å². The molecule has 22 heavy (non-hydrogen) atoms. The Kier molecular flexibility index (Phi) is 5.33. The molecule has 122 valence electrons. The summed E-state index contributed by atoms with van der Waals surface area (Å²) in [5.41, 5.74) is 0.260. The normalized spacial score (nSPS) is 19.8. The molecule has 0 aromatic carbocycles. The fraction of sp³-hybridized carbons (Fsp3) is 0.643. The SMILES string of the molecule is CCCCNc1cc(C(=O)NC2CCS(=O)(=O)C2)nc(C)n1. The zero-order valence-corrected chi connectivity index (χ0v) is 13.7. The number of anilines is 1. The Bertz CT molecular complexity index is 645. The van der Waals surface area contributed by atoms with E-state index in [4.69, 9.17) is 0 Å². The largest absolute Gasteiger partial charge is 0.370 e. The fourth-order valence-electron chi connectivity index (χ4n) is 2.34. The third-order valence-electron chi connectivity index (χ3n) is 3.47. The molecule has 1 fully saturated rings. The highest BCUT2D eigenvalue weighted by Gasteiger charge is 2.29. The van der Waals surface area contributed by atoms with Crippen molar-refractivity contribution in [3.63, 3.8) is 0 Å². The van der Waals surface area contributed by atoms with Crippen molar-refractivity contribution >= 4 is 21.6 Å². The second kappa shape index (κ2) is 7.04. The van der Waals surface area contributed by atoms with E-state index in [9.17, 15) is 13.2 Å². The zero-order chi connectivity index (χ0) is 16.2. The average molecular weight is 326 g/mol. The van der Waals surface area contributed by atoms with Gasteiger partial charge in [0.2, 0.25) is 0 Å². The fourth-order valence-corrected chi connectivity index (χ4v) is 4.01. The summed E-state index contributed by atoms with van der Waals surface area (Å²) in [5, 5.41) is 5.90. The number of unbranched alkanes of at least 4 members (excludes halogenated alkanes) is 1. The summed E-state index contributed by atoms with van der Waals surface area (Å²) in [6, 6.07) is 1.27. The minimum Gasteiger partial charge on any atom is -0.370 e. The van der Waals surface area contributed by atoms with Crippen molar-refractivity contribution in [1.29, 1.82) is 0 Å². The third-order valence-corrected chi connectivity index (χ3v) is 5.24. The summed E-state index contributed by atoms with van der Waals surface area (Å²) in [6.07, 6.45) is 2.55. The molecular formula is C14H22N4O3S. The third kappa shape index (κ3) is 4.66. The predicted octanol–water partition coefficient (Wildman–Crippen LogP) is 0.914. The van der Waals surface area contributed by atoms with Gasteiger partial charge in [-0.2, -0.15) is 0 Å². The van der Waals surface area contributed by atoms with Crippen molar-refractivity contribution in [2.75, 3.05) is 23.4 Å². The number of hydrogen-bond donors (Lipinski definition) is 2. The van der Waals surface area contributed by atoms with E-state index in [0.29, 0.717) is 18.1 Å². The molecule has 0 saturated carbocycles. The van der Waals surface area contributed by atoms with E-state index < -0.39 is 9.84 Å². The first-order chi connectivity index (χ1) is 10.4. The maximum atomic E-state index is 12.2. The Hall–Kier alpha value is -1.70. The summed E-state index contributed by atoms with van der Waals surface area (Å²) in [4.78, 5) is 20.6. The van der Waals surface area contributed by atoms with Gasteiger partial charge in [-0.3, -0.25) is 4.79 Å². The van der Waals surface area contributed by atoms with Crippen LogP contribution in [0, 0.1) is 6.92 Å². The van der Waals surface area contributed by atoms with E-state index in [1.165, 1.54) is 0 Å². The van der Waals surface area contributed by atoms with E-state index in [1.54, 1.807) is 13.0 Å². The monoisotopic (exact) mass is 326 g/mol. The Labute approximate surface area is 130 Å². The smallest absolute Gasteiger partial charge is 0.270 e. The zero-order valence-electron chi connectivity index (χ0n) is 12.9. The number of nitrogens with zero attached hydrogens (tertiary/aromatic N) is 2. The molecular weight excluding hydrogens is 304 g/mol. The topological polar surface area (TPSA) is 101 Å². The molecule has 1 amide bonds. The van der Waals surface area contributed by atoms with E-state index in [-0.39, 0.29) is 29.1 Å². The molecule has 0 radical (unpaired) electrons. The Morgan fingerprint density at radius 2 is 2.18 bits per heavy atom. The van der Waals surface area contributed by atoms with Crippen LogP contribution in [-0.2, 0) is 9.84 Å². The lowest BCUT2D eigenvalue weighted by Crippen LogP contribution is -2.36. The molecule has 1 unspecified atom stereocenters. The van der Waals surface area contributed by atoms with Crippen molar-refractivity contribution < 1.29 is 13.2 Å². The first-order valence-electron chi connectivity index (χ1n) is 7.50. The molecule has 2 heterocycles. The van der Waals surface area contributed by atoms with Gasteiger partial charge in [0.25, 0.3) is 5.91 Å². The number of rotatable bonds is 6. The molecule has 8 heteroatoms. The second-order valence-corrected chi connectivity index (χ2v) is 7.77. The van der Waals surface area contributed by atoms with Gasteiger partial charge in [-0.25, -0.2) is 18.4 Å². The summed E-state index contributed by atoms with van der Waals surface area (Å²) in [6.45, 7) is 4.61. The van der Waals surface area contributed by atoms with Gasteiger partial charge in [0.05, 0.1) is 11.5 Å². The number of nitrogens with one attached hydrogen (secondary N) is 2. The van der Waals surface area contributed by atoms with Crippen LogP contribution >= 0.6 is 0 Å². The van der Waals surface area contributed by atoms with Crippen molar-refractivity contribution in [3.05, 3.63) is 17.6 Å². The summed E-state index contributed by atoms with van der Waals surface area (Å²) in [5.74, 6) is 0.900. The van der Waals surface area contributed by atoms with Gasteiger partial charge >= 0.3 is 0 Å². The van der Waals surface area contributed by atoms with Crippen molar-refractivity contribution in [2.45, 2.75) is 39.2 Å². The Morgan fingerprint density at radius 3 is 2.82 bits per heavy atom. The maximum absolute atomic E-state index is 12.2. The molecule has 1 aromatic rings. The van der Waals surface area contributed by atoms with Crippen LogP contribution in [0.4, 0.5) is 5.82 Å². The molecule has 0 spiro atoms. The molecule has 0 bridgehead atoms. The number of hydrogen-bond acceptors (Lipinski definition) is 6. The van der Waals surface area contributed by atoms with Gasteiger partial charge < -0.3 is 10.6 Å². The van der Waals surface area contributed by atoms with Crippen molar-refractivity contribution in [3.8, 4) is 0 Å². The minimum atomic E-state index is -3.01. The quantitative estimate of drug-likeness (QED) is 0.754. The second-order valence-electron chi connectivity index (χ2n) is 5.54. The molecule has 0 aliphatic carbocycles. The maximum Gasteiger partial charge on any atom is 0.270 e. The lowest BCUT2D eigenvalue weighted by atomic mass is 10.2. The number of carbonyl (C=O) groups excluding carboxylic acids is 1. The molecule has 2 rings (SSSR count). The number of aromatic nitrogens is 2. The van der Waals surface area contributed by atoms with Gasteiger partial charge in [0.1, 0.15) is 17.3 Å². The Balaban J connectivity index is 2.02. The number of carbonyl (C=O) groups is 1. The minimum absolute atomic E-state index is 0.00438. The molecule has 1 aromatic heterocycles. The number of aryl methyl sites for hydroxylation is 1. The molecule has 7 nitrogen and oxygen atoms in total. The lowest BCUT2D eigenvalue weighted by molar-refractivity contribution is 0.0935. The van der Waals surface area contributed by atoms with Gasteiger partial charge in [-0.05, 0) is 19.8 Å².